The Hall–Kier alpha value is -0.530. The summed E-state index contributed by atoms with van der Waals surface area (Å²) < 4.78 is 0. The average molecular weight is 237 g/mol. The fourth-order valence-electron chi connectivity index (χ4n) is 3.50. The summed E-state index contributed by atoms with van der Waals surface area (Å²) in [6.07, 6.45) is 6.66. The normalized spacial score (nSPS) is 29.6. The van der Waals surface area contributed by atoms with Crippen molar-refractivity contribution < 1.29 is 5.11 Å². The van der Waals surface area contributed by atoms with Gasteiger partial charge in [-0.2, -0.15) is 0 Å². The molecular weight excluding hydrogens is 220 g/mol. The van der Waals surface area contributed by atoms with Gasteiger partial charge in [0.15, 0.2) is 0 Å². The summed E-state index contributed by atoms with van der Waals surface area (Å²) in [5, 5.41) is 11.7. The van der Waals surface area contributed by atoms with Crippen LogP contribution in [-0.4, -0.2) is 5.11 Å². The van der Waals surface area contributed by atoms with Crippen LogP contribution in [0.5, 0.6) is 0 Å². The summed E-state index contributed by atoms with van der Waals surface area (Å²) in [5.74, 6) is 0.451. The van der Waals surface area contributed by atoms with E-state index in [1.54, 1.807) is 0 Å². The van der Waals surface area contributed by atoms with Gasteiger partial charge in [-0.1, -0.05) is 36.6 Å². The molecule has 0 aliphatic heterocycles. The molecule has 16 heavy (non-hydrogen) atoms. The zero-order chi connectivity index (χ0) is 11.2. The number of halogens is 1. The summed E-state index contributed by atoms with van der Waals surface area (Å²) in [7, 11) is 0. The predicted molar refractivity (Wildman–Crippen MR) is 65.6 cm³/mol. The minimum absolute atomic E-state index is 0.451. The van der Waals surface area contributed by atoms with Crippen molar-refractivity contribution >= 4 is 11.6 Å². The molecule has 1 nitrogen and oxygen atoms in total. The van der Waals surface area contributed by atoms with Crippen LogP contribution in [0.2, 0.25) is 5.02 Å². The molecular formula is C14H17ClO. The first-order valence-electron chi connectivity index (χ1n) is 6.22. The van der Waals surface area contributed by atoms with Gasteiger partial charge in [-0.05, 0) is 48.8 Å². The van der Waals surface area contributed by atoms with E-state index in [0.29, 0.717) is 5.92 Å². The highest BCUT2D eigenvalue weighted by Crippen LogP contribution is 2.49. The monoisotopic (exact) mass is 236 g/mol. The molecule has 0 heterocycles. The van der Waals surface area contributed by atoms with E-state index in [1.165, 1.54) is 31.2 Å². The van der Waals surface area contributed by atoms with Gasteiger partial charge >= 0.3 is 0 Å². The SMILES string of the molecule is OC1(C2CCCC2)CCc2c(Cl)cccc21. The van der Waals surface area contributed by atoms with Gasteiger partial charge in [0.25, 0.3) is 0 Å². The molecule has 1 N–H and O–H groups in total. The van der Waals surface area contributed by atoms with E-state index in [1.807, 2.05) is 12.1 Å². The van der Waals surface area contributed by atoms with E-state index in [4.69, 9.17) is 11.6 Å². The highest BCUT2D eigenvalue weighted by molar-refractivity contribution is 6.31. The van der Waals surface area contributed by atoms with Gasteiger partial charge in [0.1, 0.15) is 0 Å². The van der Waals surface area contributed by atoms with Crippen molar-refractivity contribution in [2.24, 2.45) is 5.92 Å². The lowest BCUT2D eigenvalue weighted by atomic mass is 9.81. The maximum atomic E-state index is 10.9. The van der Waals surface area contributed by atoms with Gasteiger partial charge in [0.05, 0.1) is 5.60 Å². The highest BCUT2D eigenvalue weighted by Gasteiger charge is 2.44. The van der Waals surface area contributed by atoms with Crippen molar-refractivity contribution in [1.29, 1.82) is 0 Å². The molecule has 0 radical (unpaired) electrons. The topological polar surface area (TPSA) is 20.2 Å². The van der Waals surface area contributed by atoms with Crippen molar-refractivity contribution in [3.05, 3.63) is 34.3 Å². The Bertz CT molecular complexity index is 409. The molecule has 1 atom stereocenters. The Morgan fingerprint density at radius 2 is 2.00 bits per heavy atom. The zero-order valence-corrected chi connectivity index (χ0v) is 10.1. The van der Waals surface area contributed by atoms with Crippen molar-refractivity contribution in [2.75, 3.05) is 0 Å². The van der Waals surface area contributed by atoms with Gasteiger partial charge in [-0.15, -0.1) is 0 Å². The lowest BCUT2D eigenvalue weighted by Gasteiger charge is -2.31. The van der Waals surface area contributed by atoms with Gasteiger partial charge in [0.2, 0.25) is 0 Å². The Balaban J connectivity index is 2.04. The van der Waals surface area contributed by atoms with Crippen LogP contribution in [0.1, 0.15) is 43.2 Å². The van der Waals surface area contributed by atoms with Gasteiger partial charge < -0.3 is 5.11 Å². The fraction of sp³-hybridized carbons (Fsp3) is 0.571. The van der Waals surface area contributed by atoms with Crippen molar-refractivity contribution in [3.8, 4) is 0 Å². The van der Waals surface area contributed by atoms with Crippen LogP contribution in [0.4, 0.5) is 0 Å². The van der Waals surface area contributed by atoms with Gasteiger partial charge in [-0.3, -0.25) is 0 Å². The first-order valence-corrected chi connectivity index (χ1v) is 6.60. The summed E-state index contributed by atoms with van der Waals surface area (Å²) in [6.45, 7) is 0. The molecule has 1 unspecified atom stereocenters. The molecule has 2 aliphatic carbocycles. The predicted octanol–water partition coefficient (Wildman–Crippen LogP) is 3.66. The number of aliphatic hydroxyl groups is 1. The van der Waals surface area contributed by atoms with E-state index >= 15 is 0 Å². The summed E-state index contributed by atoms with van der Waals surface area (Å²) >= 11 is 6.19. The van der Waals surface area contributed by atoms with E-state index in [9.17, 15) is 5.11 Å². The number of hydrogen-bond donors (Lipinski definition) is 1. The largest absolute Gasteiger partial charge is 0.385 e. The molecule has 1 fully saturated rings. The van der Waals surface area contributed by atoms with E-state index in [-0.39, 0.29) is 0 Å². The van der Waals surface area contributed by atoms with Crippen LogP contribution in [-0.2, 0) is 12.0 Å². The van der Waals surface area contributed by atoms with Crippen LogP contribution in [0.25, 0.3) is 0 Å². The van der Waals surface area contributed by atoms with Crippen LogP contribution in [0.15, 0.2) is 18.2 Å². The van der Waals surface area contributed by atoms with Crippen molar-refractivity contribution in [3.63, 3.8) is 0 Å². The third kappa shape index (κ3) is 1.42. The maximum Gasteiger partial charge on any atom is 0.0930 e. The van der Waals surface area contributed by atoms with E-state index in [0.717, 1.165) is 23.4 Å². The third-order valence-corrected chi connectivity index (χ3v) is 4.73. The second-order valence-corrected chi connectivity index (χ2v) is 5.58. The lowest BCUT2D eigenvalue weighted by molar-refractivity contribution is -0.0200. The molecule has 2 heteroatoms. The Morgan fingerprint density at radius 1 is 1.25 bits per heavy atom. The van der Waals surface area contributed by atoms with Gasteiger partial charge in [-0.25, -0.2) is 0 Å². The molecule has 3 rings (SSSR count). The first kappa shape index (κ1) is 10.6. The third-order valence-electron chi connectivity index (χ3n) is 4.37. The number of fused-ring (bicyclic) bond motifs is 1. The highest BCUT2D eigenvalue weighted by atomic mass is 35.5. The molecule has 0 spiro atoms. The number of benzene rings is 1. The molecule has 1 aromatic rings. The summed E-state index contributed by atoms with van der Waals surface area (Å²) in [6, 6.07) is 5.96. The van der Waals surface area contributed by atoms with Crippen LogP contribution in [0, 0.1) is 5.92 Å². The minimum atomic E-state index is -0.587. The minimum Gasteiger partial charge on any atom is -0.385 e. The number of hydrogen-bond acceptors (Lipinski definition) is 1. The average Bonchev–Trinajstić information content (AvgIpc) is 2.88. The fourth-order valence-corrected chi connectivity index (χ4v) is 3.77. The maximum absolute atomic E-state index is 10.9. The summed E-state index contributed by atoms with van der Waals surface area (Å²) in [5.41, 5.74) is 1.70. The molecule has 0 amide bonds. The second-order valence-electron chi connectivity index (χ2n) is 5.17. The molecule has 1 aromatic carbocycles. The van der Waals surface area contributed by atoms with E-state index in [2.05, 4.69) is 6.07 Å². The number of rotatable bonds is 1. The molecule has 0 saturated heterocycles. The molecule has 0 aromatic heterocycles. The van der Waals surface area contributed by atoms with Gasteiger partial charge in [0, 0.05) is 5.02 Å². The second kappa shape index (κ2) is 3.75. The molecule has 0 bridgehead atoms. The molecule has 1 saturated carbocycles. The van der Waals surface area contributed by atoms with Crippen LogP contribution in [0.3, 0.4) is 0 Å². The van der Waals surface area contributed by atoms with E-state index < -0.39 is 5.60 Å². The molecule has 2 aliphatic rings. The smallest absolute Gasteiger partial charge is 0.0930 e. The Kier molecular flexibility index (Phi) is 2.49. The zero-order valence-electron chi connectivity index (χ0n) is 9.38. The molecule has 86 valence electrons. The van der Waals surface area contributed by atoms with Crippen molar-refractivity contribution in [2.45, 2.75) is 44.1 Å². The Labute approximate surface area is 101 Å². The Morgan fingerprint density at radius 3 is 2.75 bits per heavy atom. The lowest BCUT2D eigenvalue weighted by Crippen LogP contribution is -2.31. The summed E-state index contributed by atoms with van der Waals surface area (Å²) in [4.78, 5) is 0. The van der Waals surface area contributed by atoms with Crippen LogP contribution < -0.4 is 0 Å². The standard InChI is InChI=1S/C14H17ClO/c15-13-7-3-6-12-11(13)8-9-14(12,16)10-4-1-2-5-10/h3,6-7,10,16H,1-2,4-5,8-9H2. The van der Waals surface area contributed by atoms with Crippen molar-refractivity contribution in [1.82, 2.24) is 0 Å². The quantitative estimate of drug-likeness (QED) is 0.789. The first-order chi connectivity index (χ1) is 7.72. The van der Waals surface area contributed by atoms with Crippen LogP contribution >= 0.6 is 11.6 Å².